The summed E-state index contributed by atoms with van der Waals surface area (Å²) in [5, 5.41) is 0. The Morgan fingerprint density at radius 2 is 1.69 bits per heavy atom. The Balaban J connectivity index is 2.09. The molecule has 1 N–H and O–H groups in total. The molecular formula is C19H29NO9PS2-. The monoisotopic (exact) mass is 510 g/mol. The second-order valence-electron chi connectivity index (χ2n) is 8.11. The zero-order valence-corrected chi connectivity index (χ0v) is 20.6. The lowest BCUT2D eigenvalue weighted by atomic mass is 9.78. The van der Waals surface area contributed by atoms with E-state index in [0.29, 0.717) is 25.8 Å². The van der Waals surface area contributed by atoms with E-state index in [4.69, 9.17) is 4.52 Å². The number of hydrogen-bond acceptors (Lipinski definition) is 8. The van der Waals surface area contributed by atoms with Gasteiger partial charge in [-0.05, 0) is 26.2 Å². The summed E-state index contributed by atoms with van der Waals surface area (Å²) in [6.45, 7) is 3.84. The van der Waals surface area contributed by atoms with Gasteiger partial charge >= 0.3 is 7.60 Å². The average Bonchev–Trinajstić information content (AvgIpc) is 2.87. The Labute approximate surface area is 189 Å². The van der Waals surface area contributed by atoms with Crippen LogP contribution in [0.4, 0.5) is 5.69 Å². The Morgan fingerprint density at radius 1 is 1.06 bits per heavy atom. The van der Waals surface area contributed by atoms with Crippen molar-refractivity contribution >= 4 is 39.2 Å². The average molecular weight is 511 g/mol. The largest absolute Gasteiger partial charge is 0.748 e. The van der Waals surface area contributed by atoms with Gasteiger partial charge in [-0.3, -0.25) is 4.57 Å². The minimum Gasteiger partial charge on any atom is -0.748 e. The smallest absolute Gasteiger partial charge is 0.328 e. The van der Waals surface area contributed by atoms with Crippen LogP contribution in [-0.4, -0.2) is 71.9 Å². The molecule has 1 aromatic carbocycles. The predicted octanol–water partition coefficient (Wildman–Crippen LogP) is 1.92. The Kier molecular flexibility index (Phi) is 8.82. The van der Waals surface area contributed by atoms with Gasteiger partial charge in [-0.15, -0.1) is 0 Å². The van der Waals surface area contributed by atoms with E-state index in [2.05, 4.69) is 4.58 Å². The fourth-order valence-electron chi connectivity index (χ4n) is 3.89. The minimum atomic E-state index is -4.54. The van der Waals surface area contributed by atoms with E-state index in [9.17, 15) is 35.4 Å². The van der Waals surface area contributed by atoms with Gasteiger partial charge in [0, 0.05) is 30.7 Å². The number of nitrogens with zero attached hydrogens (tertiary/aromatic N) is 1. The molecule has 0 spiro atoms. The van der Waals surface area contributed by atoms with Crippen LogP contribution in [0.1, 0.15) is 45.1 Å². The summed E-state index contributed by atoms with van der Waals surface area (Å²) >= 11 is 0. The van der Waals surface area contributed by atoms with Crippen LogP contribution in [0.5, 0.6) is 0 Å². The third-order valence-electron chi connectivity index (χ3n) is 5.79. The first-order valence-electron chi connectivity index (χ1n) is 10.2. The highest BCUT2D eigenvalue weighted by Crippen LogP contribution is 2.48. The van der Waals surface area contributed by atoms with Crippen molar-refractivity contribution in [2.24, 2.45) is 0 Å². The van der Waals surface area contributed by atoms with Gasteiger partial charge in [0.1, 0.15) is 6.54 Å². The van der Waals surface area contributed by atoms with Crippen molar-refractivity contribution in [3.63, 3.8) is 0 Å². The van der Waals surface area contributed by atoms with Gasteiger partial charge in [0.05, 0.1) is 44.2 Å². The maximum absolute atomic E-state index is 12.4. The minimum absolute atomic E-state index is 0.219. The molecule has 182 valence electrons. The Morgan fingerprint density at radius 3 is 2.31 bits per heavy atom. The molecule has 10 nitrogen and oxygen atoms in total. The molecule has 1 aromatic rings. The second kappa shape index (κ2) is 10.4. The highest BCUT2D eigenvalue weighted by molar-refractivity contribution is 7.85. The third kappa shape index (κ3) is 7.72. The maximum atomic E-state index is 12.4. The van der Waals surface area contributed by atoms with Crippen LogP contribution in [0.25, 0.3) is 0 Å². The van der Waals surface area contributed by atoms with Crippen molar-refractivity contribution in [1.29, 1.82) is 0 Å². The summed E-state index contributed by atoms with van der Waals surface area (Å²) in [4.78, 5) is 10.1. The molecule has 32 heavy (non-hydrogen) atoms. The summed E-state index contributed by atoms with van der Waals surface area (Å²) < 4.78 is 83.5. The van der Waals surface area contributed by atoms with Crippen molar-refractivity contribution in [3.8, 4) is 0 Å². The van der Waals surface area contributed by atoms with Gasteiger partial charge in [-0.25, -0.2) is 16.8 Å². The lowest BCUT2D eigenvalue weighted by molar-refractivity contribution is -0.439. The van der Waals surface area contributed by atoms with Crippen LogP contribution in [-0.2, 0) is 34.7 Å². The van der Waals surface area contributed by atoms with Crippen LogP contribution in [0, 0.1) is 0 Å². The summed E-state index contributed by atoms with van der Waals surface area (Å²) in [7, 11) is -12.9. The highest BCUT2D eigenvalue weighted by Gasteiger charge is 2.46. The van der Waals surface area contributed by atoms with E-state index in [1.807, 2.05) is 38.1 Å². The van der Waals surface area contributed by atoms with Gasteiger partial charge in [-0.2, -0.15) is 4.58 Å². The standard InChI is InChI=1S/C19H30NO9PS2/c1-16-19(2,10-13-30(21,22)29-12-15-32(26,27)28)17-8-4-5-9-18(17)20(16)11-6-3-7-14-31(23,24)25/h4-5,8-9H,3,6-7,10-15H2,1-2H3,(H2-,21,22,23,24,25,26,27,28)/p-1. The molecule has 0 aromatic heterocycles. The first-order valence-corrected chi connectivity index (χ1v) is 15.1. The Bertz CT molecular complexity index is 1120. The predicted molar refractivity (Wildman–Crippen MR) is 118 cm³/mol. The molecule has 0 saturated carbocycles. The number of fused-ring (bicyclic) bond motifs is 1. The van der Waals surface area contributed by atoms with Crippen molar-refractivity contribution < 1.29 is 44.5 Å². The number of unbranched alkanes of at least 4 members (excludes halogenated alkanes) is 2. The topological polar surface area (TPSA) is 164 Å². The molecule has 1 heterocycles. The van der Waals surface area contributed by atoms with Gasteiger partial charge in [0.2, 0.25) is 5.69 Å². The zero-order valence-electron chi connectivity index (χ0n) is 18.1. The lowest BCUT2D eigenvalue weighted by Crippen LogP contribution is -2.31. The Hall–Kier alpha value is -1.14. The number of hydrogen-bond donors (Lipinski definition) is 1. The quantitative estimate of drug-likeness (QED) is 0.181. The number of para-hydroxylation sites is 1. The normalized spacial score (nSPS) is 20.9. The van der Waals surface area contributed by atoms with Gasteiger partial charge in [0.25, 0.3) is 0 Å². The molecule has 2 unspecified atom stereocenters. The lowest BCUT2D eigenvalue weighted by Gasteiger charge is -2.23. The second-order valence-corrected chi connectivity index (χ2v) is 13.1. The summed E-state index contributed by atoms with van der Waals surface area (Å²) in [6.07, 6.45) is 1.58. The third-order valence-corrected chi connectivity index (χ3v) is 8.62. The molecule has 1 aliphatic rings. The van der Waals surface area contributed by atoms with Crippen LogP contribution in [0.15, 0.2) is 24.3 Å². The summed E-state index contributed by atoms with van der Waals surface area (Å²) in [5.74, 6) is -1.26. The van der Waals surface area contributed by atoms with Gasteiger partial charge in [-0.1, -0.05) is 18.2 Å². The molecule has 2 rings (SSSR count). The molecular weight excluding hydrogens is 481 g/mol. The van der Waals surface area contributed by atoms with Gasteiger partial charge in [0.15, 0.2) is 5.71 Å². The molecule has 2 atom stereocenters. The fraction of sp³-hybridized carbons (Fsp3) is 0.632. The molecule has 0 bridgehead atoms. The first kappa shape index (κ1) is 27.1. The van der Waals surface area contributed by atoms with Crippen LogP contribution in [0.3, 0.4) is 0 Å². The number of rotatable bonds is 13. The maximum Gasteiger partial charge on any atom is 0.328 e. The molecule has 0 amide bonds. The van der Waals surface area contributed by atoms with Crippen molar-refractivity contribution in [2.75, 3.05) is 30.8 Å². The molecule has 13 heteroatoms. The van der Waals surface area contributed by atoms with E-state index in [0.717, 1.165) is 17.0 Å². The molecule has 0 saturated heterocycles. The van der Waals surface area contributed by atoms with Crippen molar-refractivity contribution in [1.82, 2.24) is 0 Å². The van der Waals surface area contributed by atoms with Crippen LogP contribution >= 0.6 is 7.60 Å². The van der Waals surface area contributed by atoms with Crippen LogP contribution in [0.2, 0.25) is 0 Å². The van der Waals surface area contributed by atoms with E-state index in [1.54, 1.807) is 0 Å². The molecule has 0 radical (unpaired) electrons. The summed E-state index contributed by atoms with van der Waals surface area (Å²) in [5.41, 5.74) is 2.32. The first-order chi connectivity index (χ1) is 14.6. The molecule has 0 fully saturated rings. The van der Waals surface area contributed by atoms with Gasteiger partial charge < -0.3 is 18.5 Å². The zero-order chi connectivity index (χ0) is 24.2. The van der Waals surface area contributed by atoms with Crippen molar-refractivity contribution in [3.05, 3.63) is 29.8 Å². The van der Waals surface area contributed by atoms with E-state index in [1.165, 1.54) is 0 Å². The molecule has 0 aliphatic carbocycles. The highest BCUT2D eigenvalue weighted by atomic mass is 32.2. The van der Waals surface area contributed by atoms with E-state index < -0.39 is 45.6 Å². The fourth-order valence-corrected chi connectivity index (χ4v) is 6.09. The van der Waals surface area contributed by atoms with Crippen molar-refractivity contribution in [2.45, 2.75) is 44.9 Å². The number of benzene rings is 1. The van der Waals surface area contributed by atoms with E-state index in [-0.39, 0.29) is 18.3 Å². The van der Waals surface area contributed by atoms with E-state index >= 15 is 0 Å². The molecule has 1 aliphatic heterocycles. The summed E-state index contributed by atoms with van der Waals surface area (Å²) in [6, 6.07) is 7.65. The van der Waals surface area contributed by atoms with Crippen LogP contribution < -0.4 is 0 Å². The SMILES string of the molecule is CC1=[N+](CCCCCS(=O)(=O)[O-])c2ccccc2C1(C)CCP(=O)(O)OCCS(=O)(=O)[O-].